The van der Waals surface area contributed by atoms with Gasteiger partial charge in [0.2, 0.25) is 0 Å². The van der Waals surface area contributed by atoms with Crippen LogP contribution in [0.3, 0.4) is 0 Å². The van der Waals surface area contributed by atoms with Crippen LogP contribution in [0.2, 0.25) is 5.02 Å². The summed E-state index contributed by atoms with van der Waals surface area (Å²) in [4.78, 5) is 37.9. The zero-order chi connectivity index (χ0) is 29.6. The van der Waals surface area contributed by atoms with Crippen molar-refractivity contribution in [3.05, 3.63) is 88.4 Å². The molecule has 0 saturated carbocycles. The molecule has 3 aromatic carbocycles. The van der Waals surface area contributed by atoms with E-state index in [1.807, 2.05) is 0 Å². The van der Waals surface area contributed by atoms with E-state index < -0.39 is 18.1 Å². The number of aromatic carboxylic acids is 1. The molecule has 0 bridgehead atoms. The number of carbonyl (C=O) groups is 3. The topological polar surface area (TPSA) is 110 Å². The smallest absolute Gasteiger partial charge is 0.478 e. The van der Waals surface area contributed by atoms with E-state index in [0.29, 0.717) is 35.1 Å². The van der Waals surface area contributed by atoms with Crippen molar-refractivity contribution >= 4 is 46.5 Å². The quantitative estimate of drug-likeness (QED) is 0.344. The first-order chi connectivity index (χ1) is 18.8. The monoisotopic (exact) mass is 577 g/mol. The van der Waals surface area contributed by atoms with Crippen molar-refractivity contribution in [1.29, 1.82) is 0 Å². The molecular weight excluding hydrogens is 551 g/mol. The molecule has 8 nitrogen and oxygen atoms in total. The second-order valence-electron chi connectivity index (χ2n) is 9.13. The predicted octanol–water partition coefficient (Wildman–Crippen LogP) is 5.95. The van der Waals surface area contributed by atoms with Crippen LogP contribution in [0.4, 0.5) is 30.2 Å². The van der Waals surface area contributed by atoms with Gasteiger partial charge < -0.3 is 25.3 Å². The van der Waals surface area contributed by atoms with Gasteiger partial charge in [0.05, 0.1) is 11.3 Å². The normalized spacial score (nSPS) is 15.1. The molecule has 3 aromatic rings. The number of piperazine rings is 1. The van der Waals surface area contributed by atoms with Crippen LogP contribution in [0.5, 0.6) is 0 Å². The molecule has 4 rings (SSSR count). The van der Waals surface area contributed by atoms with E-state index in [2.05, 4.69) is 53.2 Å². The zero-order valence-corrected chi connectivity index (χ0v) is 22.3. The average Bonchev–Trinajstić information content (AvgIpc) is 2.88. The van der Waals surface area contributed by atoms with Gasteiger partial charge in [-0.1, -0.05) is 23.7 Å². The molecule has 1 aliphatic rings. The molecule has 1 fully saturated rings. The van der Waals surface area contributed by atoms with Crippen LogP contribution >= 0.6 is 11.6 Å². The Kier molecular flexibility index (Phi) is 9.65. The van der Waals surface area contributed by atoms with Gasteiger partial charge in [-0.05, 0) is 74.0 Å². The standard InChI is InChI=1S/C26H26ClN3O3.C2HF3O2/c1-17-4-3-5-22(14-17)30-13-12-29(16-18(30)2)24-11-10-21(15-23(24)26(32)33)28-25(31)19-6-8-20(27)9-7-19;3-2(4,5)1(6)7/h3-11,14-15,18H,12-13,16H2,1-2H3,(H,28,31)(H,32,33);(H,6,7). The minimum absolute atomic E-state index is 0.167. The first kappa shape index (κ1) is 30.3. The van der Waals surface area contributed by atoms with Gasteiger partial charge >= 0.3 is 18.1 Å². The van der Waals surface area contributed by atoms with Crippen molar-refractivity contribution in [2.75, 3.05) is 34.8 Å². The molecule has 0 spiro atoms. The molecule has 1 aliphatic heterocycles. The second-order valence-corrected chi connectivity index (χ2v) is 9.56. The van der Waals surface area contributed by atoms with E-state index in [9.17, 15) is 27.9 Å². The van der Waals surface area contributed by atoms with Crippen molar-refractivity contribution in [2.45, 2.75) is 26.1 Å². The molecule has 0 aromatic heterocycles. The van der Waals surface area contributed by atoms with E-state index in [0.717, 1.165) is 6.54 Å². The van der Waals surface area contributed by atoms with Crippen LogP contribution < -0.4 is 15.1 Å². The van der Waals surface area contributed by atoms with Crippen molar-refractivity contribution in [1.82, 2.24) is 0 Å². The SMILES string of the molecule is Cc1cccc(N2CCN(c3ccc(NC(=O)c4ccc(Cl)cc4)cc3C(=O)O)CC2C)c1.O=C(O)C(F)(F)F. The molecule has 0 radical (unpaired) electrons. The van der Waals surface area contributed by atoms with Crippen molar-refractivity contribution in [3.63, 3.8) is 0 Å². The Hall–Kier alpha value is -4.25. The number of nitrogens with one attached hydrogen (secondary N) is 1. The minimum Gasteiger partial charge on any atom is -0.478 e. The number of aliphatic carboxylic acids is 1. The lowest BCUT2D eigenvalue weighted by Gasteiger charge is -2.42. The highest BCUT2D eigenvalue weighted by Crippen LogP contribution is 2.29. The van der Waals surface area contributed by atoms with E-state index in [4.69, 9.17) is 21.5 Å². The highest BCUT2D eigenvalue weighted by molar-refractivity contribution is 6.30. The molecular formula is C28H27ClF3N3O5. The number of amides is 1. The molecule has 1 unspecified atom stereocenters. The van der Waals surface area contributed by atoms with Crippen LogP contribution in [0.25, 0.3) is 0 Å². The third-order valence-corrected chi connectivity index (χ3v) is 6.39. The number of hydrogen-bond acceptors (Lipinski definition) is 5. The highest BCUT2D eigenvalue weighted by Gasteiger charge is 2.38. The Balaban J connectivity index is 0.000000559. The number of alkyl halides is 3. The van der Waals surface area contributed by atoms with Gasteiger partial charge in [-0.25, -0.2) is 9.59 Å². The lowest BCUT2D eigenvalue weighted by Crippen LogP contribution is -2.52. The summed E-state index contributed by atoms with van der Waals surface area (Å²) in [6.07, 6.45) is -5.08. The Morgan fingerprint density at radius 2 is 1.62 bits per heavy atom. The number of hydrogen-bond donors (Lipinski definition) is 3. The van der Waals surface area contributed by atoms with Crippen LogP contribution in [0.15, 0.2) is 66.7 Å². The summed E-state index contributed by atoms with van der Waals surface area (Å²) in [6.45, 7) is 6.42. The highest BCUT2D eigenvalue weighted by atomic mass is 35.5. The summed E-state index contributed by atoms with van der Waals surface area (Å²) >= 11 is 5.88. The average molecular weight is 578 g/mol. The lowest BCUT2D eigenvalue weighted by molar-refractivity contribution is -0.192. The molecule has 0 aliphatic carbocycles. The molecule has 212 valence electrons. The maximum absolute atomic E-state index is 12.5. The van der Waals surface area contributed by atoms with Gasteiger partial charge in [0.15, 0.2) is 0 Å². The number of carbonyl (C=O) groups excluding carboxylic acids is 1. The Labute approximate surface area is 233 Å². The predicted molar refractivity (Wildman–Crippen MR) is 147 cm³/mol. The third-order valence-electron chi connectivity index (χ3n) is 6.14. The number of carboxylic acid groups (broad SMARTS) is 2. The molecule has 1 saturated heterocycles. The number of nitrogens with zero attached hydrogens (tertiary/aromatic N) is 2. The number of rotatable bonds is 5. The van der Waals surface area contributed by atoms with Crippen LogP contribution in [0.1, 0.15) is 33.2 Å². The summed E-state index contributed by atoms with van der Waals surface area (Å²) in [7, 11) is 0. The second kappa shape index (κ2) is 12.7. The molecule has 3 N–H and O–H groups in total. The lowest BCUT2D eigenvalue weighted by atomic mass is 10.1. The van der Waals surface area contributed by atoms with Gasteiger partial charge in [0, 0.05) is 47.6 Å². The van der Waals surface area contributed by atoms with Crippen molar-refractivity contribution in [2.24, 2.45) is 0 Å². The van der Waals surface area contributed by atoms with E-state index >= 15 is 0 Å². The van der Waals surface area contributed by atoms with Crippen molar-refractivity contribution < 1.29 is 37.8 Å². The van der Waals surface area contributed by atoms with Gasteiger partial charge in [-0.15, -0.1) is 0 Å². The first-order valence-corrected chi connectivity index (χ1v) is 12.5. The molecule has 12 heteroatoms. The molecule has 40 heavy (non-hydrogen) atoms. The number of aryl methyl sites for hydroxylation is 1. The van der Waals surface area contributed by atoms with E-state index in [1.54, 1.807) is 36.4 Å². The van der Waals surface area contributed by atoms with Crippen LogP contribution in [-0.4, -0.2) is 59.9 Å². The minimum atomic E-state index is -5.08. The van der Waals surface area contributed by atoms with Crippen LogP contribution in [0, 0.1) is 6.92 Å². The third kappa shape index (κ3) is 7.89. The fraction of sp³-hybridized carbons (Fsp3) is 0.250. The molecule has 1 heterocycles. The van der Waals surface area contributed by atoms with E-state index in [1.165, 1.54) is 17.3 Å². The Morgan fingerprint density at radius 3 is 2.17 bits per heavy atom. The Morgan fingerprint density at radius 1 is 0.975 bits per heavy atom. The fourth-order valence-corrected chi connectivity index (χ4v) is 4.36. The van der Waals surface area contributed by atoms with Gasteiger partial charge in [-0.3, -0.25) is 4.79 Å². The summed E-state index contributed by atoms with van der Waals surface area (Å²) < 4.78 is 31.7. The number of halogens is 4. The fourth-order valence-electron chi connectivity index (χ4n) is 4.23. The van der Waals surface area contributed by atoms with Crippen LogP contribution in [-0.2, 0) is 4.79 Å². The molecule has 1 amide bonds. The van der Waals surface area contributed by atoms with Gasteiger partial charge in [0.1, 0.15) is 0 Å². The summed E-state index contributed by atoms with van der Waals surface area (Å²) in [5.41, 5.74) is 4.10. The summed E-state index contributed by atoms with van der Waals surface area (Å²) in [6, 6.07) is 20.2. The number of anilines is 3. The van der Waals surface area contributed by atoms with E-state index in [-0.39, 0.29) is 17.5 Å². The van der Waals surface area contributed by atoms with Gasteiger partial charge in [0.25, 0.3) is 5.91 Å². The largest absolute Gasteiger partial charge is 0.490 e. The maximum atomic E-state index is 12.5. The molecule has 1 atom stereocenters. The first-order valence-electron chi connectivity index (χ1n) is 12.1. The summed E-state index contributed by atoms with van der Waals surface area (Å²) in [5.74, 6) is -4.11. The zero-order valence-electron chi connectivity index (χ0n) is 21.6. The number of carboxylic acids is 2. The van der Waals surface area contributed by atoms with Crippen molar-refractivity contribution in [3.8, 4) is 0 Å². The number of benzene rings is 3. The van der Waals surface area contributed by atoms with Gasteiger partial charge in [-0.2, -0.15) is 13.2 Å². The Bertz CT molecular complexity index is 1380. The maximum Gasteiger partial charge on any atom is 0.490 e. The summed E-state index contributed by atoms with van der Waals surface area (Å²) in [5, 5.41) is 20.3.